The Hall–Kier alpha value is -0.120. The summed E-state index contributed by atoms with van der Waals surface area (Å²) in [5.41, 5.74) is 0. The van der Waals surface area contributed by atoms with E-state index >= 15 is 0 Å². The Labute approximate surface area is 101 Å². The molecule has 0 aromatic rings. The Morgan fingerprint density at radius 1 is 1.25 bits per heavy atom. The highest BCUT2D eigenvalue weighted by molar-refractivity contribution is 4.77. The van der Waals surface area contributed by atoms with Crippen LogP contribution in [0.3, 0.4) is 0 Å². The lowest BCUT2D eigenvalue weighted by Gasteiger charge is -2.38. The second-order valence-corrected chi connectivity index (χ2v) is 5.58. The van der Waals surface area contributed by atoms with Crippen molar-refractivity contribution in [3.8, 4) is 0 Å². The van der Waals surface area contributed by atoms with Crippen LogP contribution in [0.15, 0.2) is 0 Å². The molecule has 1 fully saturated rings. The van der Waals surface area contributed by atoms with Gasteiger partial charge in [0.05, 0.1) is 0 Å². The van der Waals surface area contributed by atoms with Gasteiger partial charge in [-0.3, -0.25) is 4.90 Å². The molecular formula is C13H29N3. The van der Waals surface area contributed by atoms with Crippen molar-refractivity contribution in [2.45, 2.75) is 33.2 Å². The molecule has 0 aromatic carbocycles. The Morgan fingerprint density at radius 3 is 2.62 bits per heavy atom. The highest BCUT2D eigenvalue weighted by Crippen LogP contribution is 2.06. The molecule has 0 aliphatic carbocycles. The number of hydrogen-bond donors (Lipinski definition) is 1. The number of nitrogens with zero attached hydrogens (tertiary/aromatic N) is 2. The fourth-order valence-corrected chi connectivity index (χ4v) is 2.25. The van der Waals surface area contributed by atoms with E-state index in [9.17, 15) is 0 Å². The summed E-state index contributed by atoms with van der Waals surface area (Å²) in [6, 6.07) is 0.714. The van der Waals surface area contributed by atoms with Gasteiger partial charge >= 0.3 is 0 Å². The monoisotopic (exact) mass is 227 g/mol. The summed E-state index contributed by atoms with van der Waals surface area (Å²) in [5, 5.41) is 3.54. The van der Waals surface area contributed by atoms with E-state index in [-0.39, 0.29) is 0 Å². The van der Waals surface area contributed by atoms with Gasteiger partial charge in [-0.05, 0) is 32.9 Å². The van der Waals surface area contributed by atoms with Gasteiger partial charge in [-0.2, -0.15) is 0 Å². The van der Waals surface area contributed by atoms with Crippen molar-refractivity contribution in [1.82, 2.24) is 15.1 Å². The van der Waals surface area contributed by atoms with Crippen LogP contribution < -0.4 is 5.32 Å². The van der Waals surface area contributed by atoms with E-state index in [4.69, 9.17) is 0 Å². The van der Waals surface area contributed by atoms with Crippen LogP contribution in [0.1, 0.15) is 27.2 Å². The predicted molar refractivity (Wildman–Crippen MR) is 70.9 cm³/mol. The number of nitrogens with one attached hydrogen (secondary N) is 1. The molecule has 16 heavy (non-hydrogen) atoms. The maximum absolute atomic E-state index is 3.54. The third-order valence-corrected chi connectivity index (χ3v) is 3.44. The molecule has 1 unspecified atom stereocenters. The first-order chi connectivity index (χ1) is 7.59. The largest absolute Gasteiger partial charge is 0.315 e. The standard InChI is InChI=1S/C13H29N3/c1-12(2)5-6-14-7-8-16-10-9-15(4)11-13(16)3/h12-14H,5-11H2,1-4H3. The smallest absolute Gasteiger partial charge is 0.0195 e. The fourth-order valence-electron chi connectivity index (χ4n) is 2.25. The number of hydrogen-bond acceptors (Lipinski definition) is 3. The van der Waals surface area contributed by atoms with Crippen molar-refractivity contribution in [2.75, 3.05) is 46.3 Å². The maximum Gasteiger partial charge on any atom is 0.0195 e. The lowest BCUT2D eigenvalue weighted by atomic mass is 10.1. The average molecular weight is 227 g/mol. The van der Waals surface area contributed by atoms with Crippen molar-refractivity contribution < 1.29 is 0 Å². The van der Waals surface area contributed by atoms with Crippen LogP contribution >= 0.6 is 0 Å². The van der Waals surface area contributed by atoms with Gasteiger partial charge in [0.25, 0.3) is 0 Å². The first-order valence-electron chi connectivity index (χ1n) is 6.73. The molecule has 0 spiro atoms. The average Bonchev–Trinajstić information content (AvgIpc) is 2.20. The molecule has 0 radical (unpaired) electrons. The van der Waals surface area contributed by atoms with Crippen LogP contribution in [-0.4, -0.2) is 62.2 Å². The van der Waals surface area contributed by atoms with Crippen LogP contribution in [0, 0.1) is 5.92 Å². The highest BCUT2D eigenvalue weighted by Gasteiger charge is 2.20. The minimum absolute atomic E-state index is 0.714. The second kappa shape index (κ2) is 7.25. The Kier molecular flexibility index (Phi) is 6.32. The number of rotatable bonds is 6. The molecule has 1 atom stereocenters. The van der Waals surface area contributed by atoms with Gasteiger partial charge < -0.3 is 10.2 Å². The van der Waals surface area contributed by atoms with Crippen LogP contribution in [0.5, 0.6) is 0 Å². The van der Waals surface area contributed by atoms with E-state index in [1.807, 2.05) is 0 Å². The fraction of sp³-hybridized carbons (Fsp3) is 1.00. The highest BCUT2D eigenvalue weighted by atomic mass is 15.3. The van der Waals surface area contributed by atoms with Gasteiger partial charge in [-0.25, -0.2) is 0 Å². The minimum atomic E-state index is 0.714. The van der Waals surface area contributed by atoms with Gasteiger partial charge in [0.1, 0.15) is 0 Å². The summed E-state index contributed by atoms with van der Waals surface area (Å²) < 4.78 is 0. The van der Waals surface area contributed by atoms with Gasteiger partial charge in [-0.1, -0.05) is 13.8 Å². The molecule has 96 valence electrons. The van der Waals surface area contributed by atoms with E-state index in [0.717, 1.165) is 12.5 Å². The lowest BCUT2D eigenvalue weighted by Crippen LogP contribution is -2.51. The van der Waals surface area contributed by atoms with Gasteiger partial charge in [0.15, 0.2) is 0 Å². The van der Waals surface area contributed by atoms with Crippen LogP contribution in [0.25, 0.3) is 0 Å². The molecule has 0 saturated carbocycles. The van der Waals surface area contributed by atoms with E-state index in [1.54, 1.807) is 0 Å². The molecule has 3 nitrogen and oxygen atoms in total. The Balaban J connectivity index is 2.04. The van der Waals surface area contributed by atoms with Crippen LogP contribution in [-0.2, 0) is 0 Å². The summed E-state index contributed by atoms with van der Waals surface area (Å²) in [6.45, 7) is 14.1. The molecule has 1 aliphatic rings. The predicted octanol–water partition coefficient (Wildman–Crippen LogP) is 1.26. The van der Waals surface area contributed by atoms with Crippen molar-refractivity contribution in [1.29, 1.82) is 0 Å². The number of likely N-dealkylation sites (N-methyl/N-ethyl adjacent to an activating group) is 1. The van der Waals surface area contributed by atoms with Gasteiger partial charge in [0, 0.05) is 38.8 Å². The molecule has 0 bridgehead atoms. The van der Waals surface area contributed by atoms with E-state index < -0.39 is 0 Å². The molecule has 1 N–H and O–H groups in total. The van der Waals surface area contributed by atoms with Gasteiger partial charge in [-0.15, -0.1) is 0 Å². The Morgan fingerprint density at radius 2 is 2.00 bits per heavy atom. The van der Waals surface area contributed by atoms with Crippen LogP contribution in [0.4, 0.5) is 0 Å². The summed E-state index contributed by atoms with van der Waals surface area (Å²) in [6.07, 6.45) is 1.29. The summed E-state index contributed by atoms with van der Waals surface area (Å²) in [5.74, 6) is 0.815. The van der Waals surface area contributed by atoms with Crippen molar-refractivity contribution in [3.05, 3.63) is 0 Å². The first-order valence-corrected chi connectivity index (χ1v) is 6.73. The first kappa shape index (κ1) is 13.9. The summed E-state index contributed by atoms with van der Waals surface area (Å²) in [7, 11) is 2.22. The normalized spacial score (nSPS) is 24.2. The molecule has 1 aliphatic heterocycles. The third-order valence-electron chi connectivity index (χ3n) is 3.44. The zero-order valence-corrected chi connectivity index (χ0v) is 11.5. The maximum atomic E-state index is 3.54. The van der Waals surface area contributed by atoms with Crippen molar-refractivity contribution >= 4 is 0 Å². The molecule has 1 saturated heterocycles. The van der Waals surface area contributed by atoms with E-state index in [1.165, 1.54) is 39.1 Å². The van der Waals surface area contributed by atoms with Crippen LogP contribution in [0.2, 0.25) is 0 Å². The minimum Gasteiger partial charge on any atom is -0.315 e. The zero-order chi connectivity index (χ0) is 12.0. The second-order valence-electron chi connectivity index (χ2n) is 5.58. The lowest BCUT2D eigenvalue weighted by molar-refractivity contribution is 0.101. The molecule has 1 rings (SSSR count). The van der Waals surface area contributed by atoms with Crippen molar-refractivity contribution in [3.63, 3.8) is 0 Å². The molecule has 0 amide bonds. The third kappa shape index (κ3) is 5.28. The summed E-state index contributed by atoms with van der Waals surface area (Å²) >= 11 is 0. The van der Waals surface area contributed by atoms with Gasteiger partial charge in [0.2, 0.25) is 0 Å². The Bertz CT molecular complexity index is 182. The molecule has 1 heterocycles. The molecular weight excluding hydrogens is 198 g/mol. The van der Waals surface area contributed by atoms with E-state index in [2.05, 4.69) is 42.9 Å². The van der Waals surface area contributed by atoms with Crippen molar-refractivity contribution in [2.24, 2.45) is 5.92 Å². The zero-order valence-electron chi connectivity index (χ0n) is 11.5. The molecule has 0 aromatic heterocycles. The quantitative estimate of drug-likeness (QED) is 0.689. The summed E-state index contributed by atoms with van der Waals surface area (Å²) in [4.78, 5) is 5.02. The topological polar surface area (TPSA) is 18.5 Å². The molecule has 3 heteroatoms. The number of piperazine rings is 1. The van der Waals surface area contributed by atoms with E-state index in [0.29, 0.717) is 6.04 Å². The SMILES string of the molecule is CC(C)CCNCCN1CCN(C)CC1C.